The second kappa shape index (κ2) is 8.58. The van der Waals surface area contributed by atoms with Gasteiger partial charge in [0.15, 0.2) is 0 Å². The van der Waals surface area contributed by atoms with Crippen molar-refractivity contribution in [3.63, 3.8) is 0 Å². The highest BCUT2D eigenvalue weighted by Gasteiger charge is 2.48. The predicted molar refractivity (Wildman–Crippen MR) is 103 cm³/mol. The van der Waals surface area contributed by atoms with Crippen molar-refractivity contribution in [3.8, 4) is 11.5 Å². The molecule has 6 heteroatoms. The van der Waals surface area contributed by atoms with E-state index in [1.165, 1.54) is 12.7 Å². The largest absolute Gasteiger partial charge is 0.497 e. The van der Waals surface area contributed by atoms with Crippen LogP contribution in [-0.2, 0) is 16.0 Å². The Bertz CT molecular complexity index is 807. The van der Waals surface area contributed by atoms with Crippen molar-refractivity contribution in [1.29, 1.82) is 0 Å². The average Bonchev–Trinajstić information content (AvgIpc) is 3.50. The minimum absolute atomic E-state index is 0.0622. The van der Waals surface area contributed by atoms with E-state index in [-0.39, 0.29) is 23.7 Å². The lowest BCUT2D eigenvalue weighted by molar-refractivity contribution is -0.125. The molecule has 0 radical (unpaired) electrons. The minimum Gasteiger partial charge on any atom is -0.497 e. The molecule has 2 atom stereocenters. The van der Waals surface area contributed by atoms with Crippen molar-refractivity contribution in [2.24, 2.45) is 11.8 Å². The predicted octanol–water partition coefficient (Wildman–Crippen LogP) is 2.64. The molecule has 1 aliphatic carbocycles. The third-order valence-electron chi connectivity index (χ3n) is 4.69. The summed E-state index contributed by atoms with van der Waals surface area (Å²) >= 11 is 0. The van der Waals surface area contributed by atoms with Crippen LogP contribution in [0.15, 0.2) is 48.5 Å². The van der Waals surface area contributed by atoms with E-state index >= 15 is 0 Å². The van der Waals surface area contributed by atoms with Gasteiger partial charge in [-0.05, 0) is 30.5 Å². The summed E-state index contributed by atoms with van der Waals surface area (Å²) in [7, 11) is 3.10. The van der Waals surface area contributed by atoms with Gasteiger partial charge in [0, 0.05) is 12.6 Å². The number of rotatable bonds is 8. The van der Waals surface area contributed by atoms with Gasteiger partial charge in [-0.2, -0.15) is 0 Å². The van der Waals surface area contributed by atoms with E-state index in [2.05, 4.69) is 10.6 Å². The van der Waals surface area contributed by atoms with Crippen LogP contribution in [0.4, 0.5) is 5.69 Å². The first kappa shape index (κ1) is 18.8. The summed E-state index contributed by atoms with van der Waals surface area (Å²) in [6, 6.07) is 15.2. The summed E-state index contributed by atoms with van der Waals surface area (Å²) in [5.74, 6) is 0.382. The lowest BCUT2D eigenvalue weighted by Gasteiger charge is -2.11. The molecule has 0 aromatic heterocycles. The van der Waals surface area contributed by atoms with Gasteiger partial charge in [0.25, 0.3) is 0 Å². The van der Waals surface area contributed by atoms with Crippen molar-refractivity contribution in [2.45, 2.75) is 12.8 Å². The topological polar surface area (TPSA) is 76.7 Å². The Morgan fingerprint density at radius 1 is 1.00 bits per heavy atom. The van der Waals surface area contributed by atoms with Crippen LogP contribution in [0.3, 0.4) is 0 Å². The molecule has 6 nitrogen and oxygen atoms in total. The number of carbonyl (C=O) groups excluding carboxylic acids is 2. The van der Waals surface area contributed by atoms with Gasteiger partial charge in [0.1, 0.15) is 11.5 Å². The molecule has 1 fully saturated rings. The molecule has 2 amide bonds. The molecule has 0 heterocycles. The highest BCUT2D eigenvalue weighted by molar-refractivity contribution is 6.00. The fourth-order valence-corrected chi connectivity index (χ4v) is 3.01. The quantitative estimate of drug-likeness (QED) is 0.751. The van der Waals surface area contributed by atoms with Gasteiger partial charge in [-0.3, -0.25) is 9.59 Å². The van der Waals surface area contributed by atoms with Crippen LogP contribution in [0.5, 0.6) is 11.5 Å². The summed E-state index contributed by atoms with van der Waals surface area (Å²) in [5, 5.41) is 5.76. The summed E-state index contributed by atoms with van der Waals surface area (Å²) < 4.78 is 10.4. The second-order valence-corrected chi connectivity index (χ2v) is 6.53. The Morgan fingerprint density at radius 3 is 2.44 bits per heavy atom. The maximum atomic E-state index is 12.4. The van der Waals surface area contributed by atoms with Gasteiger partial charge >= 0.3 is 0 Å². The Morgan fingerprint density at radius 2 is 1.74 bits per heavy atom. The maximum absolute atomic E-state index is 12.4. The first-order chi connectivity index (χ1) is 13.1. The number of methoxy groups -OCH3 is 2. The number of amides is 2. The van der Waals surface area contributed by atoms with E-state index in [9.17, 15) is 9.59 Å². The Balaban J connectivity index is 1.48. The van der Waals surface area contributed by atoms with Gasteiger partial charge in [0.2, 0.25) is 11.8 Å². The van der Waals surface area contributed by atoms with E-state index in [4.69, 9.17) is 9.47 Å². The zero-order chi connectivity index (χ0) is 19.2. The SMILES string of the molecule is COc1ccc(NC(=O)C2CC2C(=O)NCCc2ccccc2)c(OC)c1. The van der Waals surface area contributed by atoms with Gasteiger partial charge < -0.3 is 20.1 Å². The number of hydrogen-bond donors (Lipinski definition) is 2. The number of carbonyl (C=O) groups is 2. The third kappa shape index (κ3) is 4.78. The first-order valence-corrected chi connectivity index (χ1v) is 8.97. The zero-order valence-corrected chi connectivity index (χ0v) is 15.5. The molecule has 0 bridgehead atoms. The van der Waals surface area contributed by atoms with E-state index in [1.807, 2.05) is 30.3 Å². The molecule has 2 unspecified atom stereocenters. The number of nitrogens with one attached hydrogen (secondary N) is 2. The smallest absolute Gasteiger partial charge is 0.228 e. The van der Waals surface area contributed by atoms with Crippen LogP contribution in [0.25, 0.3) is 0 Å². The molecule has 2 aromatic carbocycles. The van der Waals surface area contributed by atoms with Crippen LogP contribution in [0.1, 0.15) is 12.0 Å². The summed E-state index contributed by atoms with van der Waals surface area (Å²) in [5.41, 5.74) is 1.74. The van der Waals surface area contributed by atoms with Gasteiger partial charge in [-0.15, -0.1) is 0 Å². The second-order valence-electron chi connectivity index (χ2n) is 6.53. The van der Waals surface area contributed by atoms with Crippen molar-refractivity contribution in [1.82, 2.24) is 5.32 Å². The lowest BCUT2D eigenvalue weighted by atomic mass is 10.1. The molecule has 0 spiro atoms. The molecular formula is C21H24N2O4. The van der Waals surface area contributed by atoms with Gasteiger partial charge in [-0.25, -0.2) is 0 Å². The molecule has 1 aliphatic rings. The summed E-state index contributed by atoms with van der Waals surface area (Å²) in [4.78, 5) is 24.7. The van der Waals surface area contributed by atoms with E-state index < -0.39 is 0 Å². The van der Waals surface area contributed by atoms with Crippen molar-refractivity contribution < 1.29 is 19.1 Å². The maximum Gasteiger partial charge on any atom is 0.228 e. The van der Waals surface area contributed by atoms with Crippen LogP contribution in [-0.4, -0.2) is 32.6 Å². The van der Waals surface area contributed by atoms with Crippen LogP contribution >= 0.6 is 0 Å². The Hall–Kier alpha value is -3.02. The van der Waals surface area contributed by atoms with Crippen molar-refractivity contribution in [2.75, 3.05) is 26.1 Å². The molecule has 0 aliphatic heterocycles. The number of anilines is 1. The van der Waals surface area contributed by atoms with Crippen LogP contribution < -0.4 is 20.1 Å². The molecule has 1 saturated carbocycles. The number of ether oxygens (including phenoxy) is 2. The van der Waals surface area contributed by atoms with E-state index in [0.717, 1.165) is 6.42 Å². The zero-order valence-electron chi connectivity index (χ0n) is 15.5. The monoisotopic (exact) mass is 368 g/mol. The minimum atomic E-state index is -0.298. The fraction of sp³-hybridized carbons (Fsp3) is 0.333. The Kier molecular flexibility index (Phi) is 5.96. The lowest BCUT2D eigenvalue weighted by Crippen LogP contribution is -2.29. The van der Waals surface area contributed by atoms with Gasteiger partial charge in [0.05, 0.1) is 31.7 Å². The Labute approximate surface area is 158 Å². The molecular weight excluding hydrogens is 344 g/mol. The average molecular weight is 368 g/mol. The van der Waals surface area contributed by atoms with Crippen LogP contribution in [0.2, 0.25) is 0 Å². The van der Waals surface area contributed by atoms with Crippen LogP contribution in [0, 0.1) is 11.8 Å². The van der Waals surface area contributed by atoms with E-state index in [1.54, 1.807) is 25.3 Å². The molecule has 0 saturated heterocycles. The van der Waals surface area contributed by atoms with Gasteiger partial charge in [-0.1, -0.05) is 30.3 Å². The number of hydrogen-bond acceptors (Lipinski definition) is 4. The highest BCUT2D eigenvalue weighted by atomic mass is 16.5. The van der Waals surface area contributed by atoms with Crippen molar-refractivity contribution in [3.05, 3.63) is 54.1 Å². The van der Waals surface area contributed by atoms with E-state index in [0.29, 0.717) is 30.2 Å². The summed E-state index contributed by atoms with van der Waals surface area (Å²) in [6.07, 6.45) is 1.35. The molecule has 27 heavy (non-hydrogen) atoms. The standard InChI is InChI=1S/C21H24N2O4/c1-26-15-8-9-18(19(12-15)27-2)23-21(25)17-13-16(17)20(24)22-11-10-14-6-4-3-5-7-14/h3-9,12,16-17H,10-11,13H2,1-2H3,(H,22,24)(H,23,25). The third-order valence-corrected chi connectivity index (χ3v) is 4.69. The summed E-state index contributed by atoms with van der Waals surface area (Å²) in [6.45, 7) is 0.569. The normalized spacial score (nSPS) is 17.7. The molecule has 2 N–H and O–H groups in total. The highest BCUT2D eigenvalue weighted by Crippen LogP contribution is 2.40. The first-order valence-electron chi connectivity index (χ1n) is 8.97. The molecule has 2 aromatic rings. The van der Waals surface area contributed by atoms with Crippen molar-refractivity contribution >= 4 is 17.5 Å². The number of benzene rings is 2. The molecule has 142 valence electrons. The fourth-order valence-electron chi connectivity index (χ4n) is 3.01. The molecule has 3 rings (SSSR count).